The summed E-state index contributed by atoms with van der Waals surface area (Å²) in [6.07, 6.45) is 2.26. The van der Waals surface area contributed by atoms with Gasteiger partial charge in [-0.2, -0.15) is 0 Å². The standard InChI is InChI=1S/C25H27N5O4/c1-16-6-4-11-30-22(16)28-23-20(25(30)32)14-19(21(26)29(23)12-5-13-33-2)24(31)27-15-17-7-9-18(34-3)10-8-17/h4,6-11,14,26H,5,12-13,15H2,1-3H3,(H,27,31). The summed E-state index contributed by atoms with van der Waals surface area (Å²) in [7, 11) is 3.20. The molecule has 0 aliphatic heterocycles. The molecule has 2 N–H and O–H groups in total. The minimum atomic E-state index is -0.433. The molecule has 9 heteroatoms. The van der Waals surface area contributed by atoms with Gasteiger partial charge in [0, 0.05) is 33.0 Å². The summed E-state index contributed by atoms with van der Waals surface area (Å²) in [5.74, 6) is 0.294. The van der Waals surface area contributed by atoms with Gasteiger partial charge in [-0.3, -0.25) is 19.4 Å². The summed E-state index contributed by atoms with van der Waals surface area (Å²) in [5.41, 5.74) is 2.47. The van der Waals surface area contributed by atoms with E-state index in [0.29, 0.717) is 30.9 Å². The first-order valence-corrected chi connectivity index (χ1v) is 10.9. The molecular weight excluding hydrogens is 434 g/mol. The number of hydrogen-bond acceptors (Lipinski definition) is 6. The molecule has 0 bridgehead atoms. The van der Waals surface area contributed by atoms with E-state index in [1.165, 1.54) is 10.5 Å². The number of benzene rings is 1. The summed E-state index contributed by atoms with van der Waals surface area (Å²) < 4.78 is 13.4. The highest BCUT2D eigenvalue weighted by Crippen LogP contribution is 2.14. The number of hydrogen-bond donors (Lipinski definition) is 2. The number of carbonyl (C=O) groups is 1. The van der Waals surface area contributed by atoms with Crippen LogP contribution in [0.3, 0.4) is 0 Å². The van der Waals surface area contributed by atoms with Crippen molar-refractivity contribution in [2.24, 2.45) is 0 Å². The monoisotopic (exact) mass is 461 g/mol. The van der Waals surface area contributed by atoms with E-state index in [4.69, 9.17) is 19.9 Å². The minimum absolute atomic E-state index is 0.000619. The van der Waals surface area contributed by atoms with Gasteiger partial charge in [0.2, 0.25) is 0 Å². The number of ether oxygens (including phenoxy) is 2. The van der Waals surface area contributed by atoms with Gasteiger partial charge in [0.15, 0.2) is 0 Å². The Morgan fingerprint density at radius 3 is 2.62 bits per heavy atom. The van der Waals surface area contributed by atoms with Crippen LogP contribution in [0.1, 0.15) is 27.9 Å². The number of fused-ring (bicyclic) bond motifs is 2. The average molecular weight is 462 g/mol. The van der Waals surface area contributed by atoms with Crippen molar-refractivity contribution in [3.63, 3.8) is 0 Å². The number of amides is 1. The van der Waals surface area contributed by atoms with E-state index in [-0.39, 0.29) is 28.5 Å². The first-order chi connectivity index (χ1) is 16.4. The smallest absolute Gasteiger partial charge is 0.267 e. The Hall–Kier alpha value is -3.98. The number of aromatic nitrogens is 3. The van der Waals surface area contributed by atoms with E-state index in [1.54, 1.807) is 31.0 Å². The largest absolute Gasteiger partial charge is 0.497 e. The zero-order valence-corrected chi connectivity index (χ0v) is 19.4. The second-order valence-electron chi connectivity index (χ2n) is 7.97. The summed E-state index contributed by atoms with van der Waals surface area (Å²) in [6, 6.07) is 12.5. The van der Waals surface area contributed by atoms with E-state index >= 15 is 0 Å². The summed E-state index contributed by atoms with van der Waals surface area (Å²) >= 11 is 0. The fraction of sp³-hybridized carbons (Fsp3) is 0.280. The Morgan fingerprint density at radius 1 is 1.15 bits per heavy atom. The number of rotatable bonds is 8. The molecule has 0 saturated carbocycles. The molecule has 0 aliphatic carbocycles. The van der Waals surface area contributed by atoms with Crippen molar-refractivity contribution in [1.82, 2.24) is 19.3 Å². The first-order valence-electron chi connectivity index (χ1n) is 10.9. The topological polar surface area (TPSA) is 111 Å². The molecule has 4 rings (SSSR count). The van der Waals surface area contributed by atoms with Gasteiger partial charge in [-0.15, -0.1) is 0 Å². The average Bonchev–Trinajstić information content (AvgIpc) is 2.85. The number of pyridine rings is 2. The van der Waals surface area contributed by atoms with Crippen LogP contribution in [-0.2, 0) is 17.8 Å². The third-order valence-electron chi connectivity index (χ3n) is 5.72. The number of nitrogens with zero attached hydrogens (tertiary/aromatic N) is 3. The molecule has 3 heterocycles. The van der Waals surface area contributed by atoms with Crippen LogP contribution in [-0.4, -0.2) is 40.7 Å². The fourth-order valence-electron chi connectivity index (χ4n) is 3.88. The Kier molecular flexibility index (Phi) is 6.74. The molecule has 0 fully saturated rings. The van der Waals surface area contributed by atoms with Crippen LogP contribution in [0.15, 0.2) is 53.5 Å². The van der Waals surface area contributed by atoms with Gasteiger partial charge < -0.3 is 19.4 Å². The van der Waals surface area contributed by atoms with E-state index in [1.807, 2.05) is 37.3 Å². The Bertz CT molecular complexity index is 1470. The van der Waals surface area contributed by atoms with Gasteiger partial charge >= 0.3 is 0 Å². The molecule has 0 spiro atoms. The zero-order chi connectivity index (χ0) is 24.2. The van der Waals surface area contributed by atoms with Crippen LogP contribution in [0.2, 0.25) is 0 Å². The maximum absolute atomic E-state index is 13.3. The Labute approximate surface area is 196 Å². The van der Waals surface area contributed by atoms with Crippen LogP contribution in [0.5, 0.6) is 5.75 Å². The molecule has 176 valence electrons. The highest BCUT2D eigenvalue weighted by atomic mass is 16.5. The molecule has 0 atom stereocenters. The summed E-state index contributed by atoms with van der Waals surface area (Å²) in [5, 5.41) is 11.9. The lowest BCUT2D eigenvalue weighted by atomic mass is 10.1. The van der Waals surface area contributed by atoms with Crippen molar-refractivity contribution in [3.8, 4) is 5.75 Å². The zero-order valence-electron chi connectivity index (χ0n) is 19.4. The molecule has 0 radical (unpaired) electrons. The van der Waals surface area contributed by atoms with Crippen molar-refractivity contribution in [1.29, 1.82) is 5.41 Å². The third-order valence-corrected chi connectivity index (χ3v) is 5.72. The SMILES string of the molecule is COCCCn1c(=N)c(C(=O)NCc2ccc(OC)cc2)cc2c(=O)n3cccc(C)c3nc21. The maximum atomic E-state index is 13.3. The highest BCUT2D eigenvalue weighted by molar-refractivity contribution is 5.96. The van der Waals surface area contributed by atoms with Crippen LogP contribution in [0, 0.1) is 12.3 Å². The number of aryl methyl sites for hydroxylation is 2. The van der Waals surface area contributed by atoms with E-state index < -0.39 is 5.91 Å². The number of carbonyl (C=O) groups excluding carboxylic acids is 1. The Balaban J connectivity index is 1.79. The van der Waals surface area contributed by atoms with E-state index in [2.05, 4.69) is 5.32 Å². The lowest BCUT2D eigenvalue weighted by Gasteiger charge is -2.15. The van der Waals surface area contributed by atoms with Crippen LogP contribution in [0.4, 0.5) is 0 Å². The predicted octanol–water partition coefficient (Wildman–Crippen LogP) is 2.41. The van der Waals surface area contributed by atoms with Crippen LogP contribution in [0.25, 0.3) is 16.7 Å². The minimum Gasteiger partial charge on any atom is -0.497 e. The molecular formula is C25H27N5O4. The molecule has 0 aliphatic rings. The first kappa shape index (κ1) is 23.2. The quantitative estimate of drug-likeness (QED) is 0.309. The van der Waals surface area contributed by atoms with Gasteiger partial charge in [0.05, 0.1) is 18.1 Å². The van der Waals surface area contributed by atoms with Gasteiger partial charge in [0.1, 0.15) is 22.5 Å². The van der Waals surface area contributed by atoms with Crippen LogP contribution < -0.4 is 21.1 Å². The van der Waals surface area contributed by atoms with Crippen LogP contribution >= 0.6 is 0 Å². The molecule has 0 unspecified atom stereocenters. The summed E-state index contributed by atoms with van der Waals surface area (Å²) in [4.78, 5) is 31.1. The van der Waals surface area contributed by atoms with Crippen molar-refractivity contribution in [2.45, 2.75) is 26.4 Å². The second kappa shape index (κ2) is 9.88. The van der Waals surface area contributed by atoms with Crippen molar-refractivity contribution >= 4 is 22.6 Å². The summed E-state index contributed by atoms with van der Waals surface area (Å²) in [6.45, 7) is 3.02. The van der Waals surface area contributed by atoms with Crippen molar-refractivity contribution < 1.29 is 14.3 Å². The van der Waals surface area contributed by atoms with E-state index in [9.17, 15) is 9.59 Å². The molecule has 34 heavy (non-hydrogen) atoms. The molecule has 9 nitrogen and oxygen atoms in total. The van der Waals surface area contributed by atoms with Gasteiger partial charge in [-0.25, -0.2) is 4.98 Å². The maximum Gasteiger partial charge on any atom is 0.267 e. The molecule has 1 aromatic carbocycles. The number of nitrogens with one attached hydrogen (secondary N) is 2. The lowest BCUT2D eigenvalue weighted by molar-refractivity contribution is 0.0948. The highest BCUT2D eigenvalue weighted by Gasteiger charge is 2.18. The molecule has 0 saturated heterocycles. The second-order valence-corrected chi connectivity index (χ2v) is 7.97. The van der Waals surface area contributed by atoms with Gasteiger partial charge in [0.25, 0.3) is 11.5 Å². The molecule has 4 aromatic rings. The normalized spacial score (nSPS) is 11.1. The third kappa shape index (κ3) is 4.42. The fourth-order valence-corrected chi connectivity index (χ4v) is 3.88. The lowest BCUT2D eigenvalue weighted by Crippen LogP contribution is -2.35. The van der Waals surface area contributed by atoms with E-state index in [0.717, 1.165) is 16.9 Å². The van der Waals surface area contributed by atoms with Gasteiger partial charge in [-0.05, 0) is 48.7 Å². The predicted molar refractivity (Wildman–Crippen MR) is 128 cm³/mol. The Morgan fingerprint density at radius 2 is 1.91 bits per heavy atom. The molecule has 3 aromatic heterocycles. The number of methoxy groups -OCH3 is 2. The van der Waals surface area contributed by atoms with Crippen molar-refractivity contribution in [2.75, 3.05) is 20.8 Å². The van der Waals surface area contributed by atoms with Crippen molar-refractivity contribution in [3.05, 3.63) is 81.2 Å². The van der Waals surface area contributed by atoms with Gasteiger partial charge in [-0.1, -0.05) is 18.2 Å². The molecule has 1 amide bonds.